The molecule has 0 spiro atoms. The summed E-state index contributed by atoms with van der Waals surface area (Å²) in [7, 11) is 0. The van der Waals surface area contributed by atoms with Gasteiger partial charge in [0, 0.05) is 157 Å². The fourth-order valence-corrected chi connectivity index (χ4v) is 25.9. The van der Waals surface area contributed by atoms with Crippen molar-refractivity contribution in [2.75, 3.05) is 0 Å². The molecule has 1 aliphatic carbocycles. The second kappa shape index (κ2) is 26.1. The van der Waals surface area contributed by atoms with Gasteiger partial charge in [0.2, 0.25) is 0 Å². The van der Waals surface area contributed by atoms with Gasteiger partial charge in [0.25, 0.3) is 0 Å². The Bertz CT molecular complexity index is 11900. The summed E-state index contributed by atoms with van der Waals surface area (Å²) in [5.41, 5.74) is 35.1. The maximum atomic E-state index is 6.51. The summed E-state index contributed by atoms with van der Waals surface area (Å²) in [6.07, 6.45) is 0. The molecule has 0 amide bonds. The van der Waals surface area contributed by atoms with Crippen molar-refractivity contribution in [2.24, 2.45) is 0 Å². The van der Waals surface area contributed by atoms with Crippen LogP contribution in [0.15, 0.2) is 421 Å². The fraction of sp³-hybridized carbons (Fsp3) is 0.0233. The lowest BCUT2D eigenvalue weighted by atomic mass is 9.82. The SMILES string of the molecule is CC1(C)c2ccccc2-c2cc3c4cccc5c6c7oc8ccccc8c7ccc6n(c3cc21)c45.c1ccc(-n2c3ccccc3c3cc4c5cccc6c7c8oc9ccccc9c8ccc7n(c4cc32)c56)cc1.c1ccc2c(c1)oc1cc3c(cc12)c1cccc2c4c5oc6ccccc6c5ccc4n3c12.c1ccc2c(c1)oc1cc3c4cccc5c6c7oc8ccccc8c7ccc6n(c3cc12)c45. The molecule has 0 fully saturated rings. The molecule has 11 nitrogen and oxygen atoms in total. The number of para-hydroxylation sites is 12. The first-order valence-corrected chi connectivity index (χ1v) is 48.1. The maximum Gasteiger partial charge on any atom is 0.145 e. The molecule has 0 saturated carbocycles. The molecule has 0 bridgehead atoms. The molecular formula is C129H71N5O6. The van der Waals surface area contributed by atoms with Gasteiger partial charge in [-0.2, -0.15) is 0 Å². The van der Waals surface area contributed by atoms with E-state index in [1.807, 2.05) is 60.7 Å². The van der Waals surface area contributed by atoms with Crippen LogP contribution < -0.4 is 0 Å². The van der Waals surface area contributed by atoms with Crippen LogP contribution in [0.5, 0.6) is 0 Å². The standard InChI is InChI=1S/C36H20N2O.C33H21NO.2C30H15NO2/c1-2-9-21(10-3-1)37-29-15-6-4-11-22(29)27-19-28-24-13-8-14-26-34-30(38(35(24)26)32(28)20-31(27)37)18-17-25-23-12-5-7-16-33(23)39-36(25)34;1-33(2)25-12-5-3-8-18(25)23-16-24-20-10-7-11-22-30-27(34(31(20)22)28(24)17-26(23)33)15-14-21-19-9-4-6-13-29(19)35-32(21)30;1-4-11-26-16(6-1)19-12-13-23-28(30(19)33-26)20-9-5-8-18-21-15-27-22(14-24(21)31(23)29(18)20)17-7-2-3-10-25(17)32-27;1-4-11-26-16(6-1)19-12-13-23-28(30(19)33-26)20-9-5-8-18-21-14-22-17-7-2-3-10-25(17)32-27(22)15-24(21)31(23)29(18)20/h1-20H;3-17H,1-2H3;2*1-15H. The van der Waals surface area contributed by atoms with Crippen molar-refractivity contribution < 1.29 is 26.5 Å². The molecule has 37 rings (SSSR count). The second-order valence-electron chi connectivity index (χ2n) is 39.0. The lowest BCUT2D eigenvalue weighted by Gasteiger charge is -2.21. The fourth-order valence-electron chi connectivity index (χ4n) is 25.9. The van der Waals surface area contributed by atoms with Crippen LogP contribution in [-0.2, 0) is 5.41 Å². The molecule has 36 aromatic rings. The summed E-state index contributed by atoms with van der Waals surface area (Å²) in [5.74, 6) is 0. The highest BCUT2D eigenvalue weighted by atomic mass is 16.3. The largest absolute Gasteiger partial charge is 0.456 e. The Morgan fingerprint density at radius 3 is 0.929 bits per heavy atom. The van der Waals surface area contributed by atoms with Gasteiger partial charge in [0.1, 0.15) is 67.0 Å². The van der Waals surface area contributed by atoms with Gasteiger partial charge in [0.05, 0.1) is 98.8 Å². The first-order chi connectivity index (χ1) is 69.2. The highest BCUT2D eigenvalue weighted by Gasteiger charge is 2.38. The summed E-state index contributed by atoms with van der Waals surface area (Å²) >= 11 is 0. The number of benzene rings is 21. The van der Waals surface area contributed by atoms with E-state index in [0.717, 1.165) is 110 Å². The molecule has 140 heavy (non-hydrogen) atoms. The summed E-state index contributed by atoms with van der Waals surface area (Å²) in [6.45, 7) is 4.71. The monoisotopic (exact) mass is 1790 g/mol. The van der Waals surface area contributed by atoms with Crippen LogP contribution in [0.4, 0.5) is 0 Å². The summed E-state index contributed by atoms with van der Waals surface area (Å²) in [5, 5.41) is 36.4. The van der Waals surface area contributed by atoms with Gasteiger partial charge in [-0.05, 0) is 168 Å². The van der Waals surface area contributed by atoms with Crippen molar-refractivity contribution in [1.29, 1.82) is 0 Å². The molecule has 0 radical (unpaired) electrons. The van der Waals surface area contributed by atoms with E-state index in [4.69, 9.17) is 26.5 Å². The van der Waals surface area contributed by atoms with Gasteiger partial charge < -0.3 is 48.7 Å². The van der Waals surface area contributed by atoms with Crippen LogP contribution >= 0.6 is 0 Å². The van der Waals surface area contributed by atoms with Crippen LogP contribution in [-0.4, -0.2) is 22.2 Å². The molecule has 15 aromatic heterocycles. The molecule has 1 aliphatic rings. The average molecular weight is 1790 g/mol. The molecule has 648 valence electrons. The lowest BCUT2D eigenvalue weighted by Crippen LogP contribution is -2.14. The molecule has 15 heterocycles. The lowest BCUT2D eigenvalue weighted by molar-refractivity contribution is 0.661. The van der Waals surface area contributed by atoms with E-state index in [2.05, 4.69) is 370 Å². The predicted octanol–water partition coefficient (Wildman–Crippen LogP) is 36.1. The number of nitrogens with zero attached hydrogens (tertiary/aromatic N) is 5. The number of furan rings is 6. The van der Waals surface area contributed by atoms with E-state index in [9.17, 15) is 0 Å². The number of aromatic nitrogens is 5. The topological polar surface area (TPSA) is 101 Å². The Labute approximate surface area is 790 Å². The van der Waals surface area contributed by atoms with Gasteiger partial charge in [-0.15, -0.1) is 0 Å². The third kappa shape index (κ3) is 9.25. The van der Waals surface area contributed by atoms with Gasteiger partial charge in [-0.1, -0.05) is 257 Å². The van der Waals surface area contributed by atoms with Crippen molar-refractivity contribution in [1.82, 2.24) is 22.2 Å². The van der Waals surface area contributed by atoms with Crippen molar-refractivity contribution in [2.45, 2.75) is 19.3 Å². The van der Waals surface area contributed by atoms with Gasteiger partial charge in [0.15, 0.2) is 0 Å². The number of rotatable bonds is 1. The summed E-state index contributed by atoms with van der Waals surface area (Å²) < 4.78 is 50.4. The van der Waals surface area contributed by atoms with Crippen molar-refractivity contribution in [3.05, 3.63) is 405 Å². The van der Waals surface area contributed by atoms with E-state index in [1.165, 1.54) is 224 Å². The first-order valence-electron chi connectivity index (χ1n) is 48.1. The smallest absolute Gasteiger partial charge is 0.145 e. The minimum atomic E-state index is -0.0240. The van der Waals surface area contributed by atoms with Crippen LogP contribution in [0.25, 0.3) is 323 Å². The highest BCUT2D eigenvalue weighted by Crippen LogP contribution is 2.56. The van der Waals surface area contributed by atoms with Crippen molar-refractivity contribution in [3.8, 4) is 16.8 Å². The van der Waals surface area contributed by atoms with Gasteiger partial charge >= 0.3 is 0 Å². The zero-order chi connectivity index (χ0) is 90.8. The van der Waals surface area contributed by atoms with E-state index in [1.54, 1.807) is 0 Å². The quantitative estimate of drug-likeness (QED) is 0.162. The Morgan fingerprint density at radius 1 is 0.164 bits per heavy atom. The zero-order valence-corrected chi connectivity index (χ0v) is 75.2. The number of fused-ring (bicyclic) bond motifs is 52. The van der Waals surface area contributed by atoms with E-state index in [-0.39, 0.29) is 5.41 Å². The van der Waals surface area contributed by atoms with E-state index >= 15 is 0 Å². The van der Waals surface area contributed by atoms with E-state index in [0.29, 0.717) is 0 Å². The maximum absolute atomic E-state index is 6.51. The molecule has 0 atom stereocenters. The summed E-state index contributed by atoms with van der Waals surface area (Å²) in [6, 6.07) is 141. The van der Waals surface area contributed by atoms with Gasteiger partial charge in [-0.25, -0.2) is 0 Å². The molecule has 0 aliphatic heterocycles. The minimum absolute atomic E-state index is 0.0240. The third-order valence-electron chi connectivity index (χ3n) is 31.8. The number of hydrogen-bond acceptors (Lipinski definition) is 6. The van der Waals surface area contributed by atoms with E-state index < -0.39 is 0 Å². The number of hydrogen-bond donors (Lipinski definition) is 0. The predicted molar refractivity (Wildman–Crippen MR) is 580 cm³/mol. The molecule has 0 unspecified atom stereocenters. The van der Waals surface area contributed by atoms with Crippen LogP contribution in [0.1, 0.15) is 25.0 Å². The third-order valence-corrected chi connectivity index (χ3v) is 31.8. The Morgan fingerprint density at radius 2 is 0.479 bits per heavy atom. The van der Waals surface area contributed by atoms with Crippen molar-refractivity contribution >= 4 is 306 Å². The van der Waals surface area contributed by atoms with Crippen LogP contribution in [0.3, 0.4) is 0 Å². The molecule has 0 N–H and O–H groups in total. The Kier molecular flexibility index (Phi) is 13.8. The highest BCUT2D eigenvalue weighted by molar-refractivity contribution is 6.37. The normalized spacial score (nSPS) is 13.3. The molecule has 21 aromatic carbocycles. The first kappa shape index (κ1) is 73.8. The Balaban J connectivity index is 0.0000000816. The van der Waals surface area contributed by atoms with Crippen molar-refractivity contribution in [3.63, 3.8) is 0 Å². The zero-order valence-electron chi connectivity index (χ0n) is 75.2. The van der Waals surface area contributed by atoms with Crippen LogP contribution in [0, 0.1) is 0 Å². The minimum Gasteiger partial charge on any atom is -0.456 e. The molecule has 0 saturated heterocycles. The Hall–Kier alpha value is -18.6. The molecular weight excluding hydrogens is 1720 g/mol. The summed E-state index contributed by atoms with van der Waals surface area (Å²) in [4.78, 5) is 0. The second-order valence-corrected chi connectivity index (χ2v) is 39.0. The van der Waals surface area contributed by atoms with Gasteiger partial charge in [-0.3, -0.25) is 0 Å². The average Bonchev–Trinajstić information content (AvgIpc) is 1.53. The molecule has 11 heteroatoms. The van der Waals surface area contributed by atoms with Crippen LogP contribution in [0.2, 0.25) is 0 Å².